The molecule has 1 aliphatic carbocycles. The summed E-state index contributed by atoms with van der Waals surface area (Å²) in [6.07, 6.45) is 5.63. The van der Waals surface area contributed by atoms with E-state index in [1.807, 2.05) is 24.9 Å². The van der Waals surface area contributed by atoms with Crippen LogP contribution in [0.5, 0.6) is 0 Å². The third-order valence-corrected chi connectivity index (χ3v) is 6.60. The van der Waals surface area contributed by atoms with Gasteiger partial charge in [-0.25, -0.2) is 9.37 Å². The van der Waals surface area contributed by atoms with Crippen LogP contribution in [0.1, 0.15) is 37.8 Å². The maximum atomic E-state index is 13.4. The molecule has 1 N–H and O–H groups in total. The van der Waals surface area contributed by atoms with Crippen molar-refractivity contribution in [1.29, 1.82) is 0 Å². The fraction of sp³-hybridized carbons (Fsp3) is 0.409. The van der Waals surface area contributed by atoms with Crippen LogP contribution in [0.15, 0.2) is 40.3 Å². The number of nitrogens with zero attached hydrogens (tertiary/aromatic N) is 3. The van der Waals surface area contributed by atoms with E-state index in [0.717, 1.165) is 31.4 Å². The number of aromatic amines is 1. The van der Waals surface area contributed by atoms with E-state index in [1.54, 1.807) is 12.1 Å². The normalized spacial score (nSPS) is 14.9. The predicted molar refractivity (Wildman–Crippen MR) is 117 cm³/mol. The number of carbonyl (C=O) groups is 1. The zero-order valence-electron chi connectivity index (χ0n) is 17.2. The van der Waals surface area contributed by atoms with E-state index in [-0.39, 0.29) is 29.1 Å². The largest absolute Gasteiger partial charge is 0.353 e. The number of thioether (sulfide) groups is 1. The Morgan fingerprint density at radius 3 is 2.67 bits per heavy atom. The number of amides is 1. The summed E-state index contributed by atoms with van der Waals surface area (Å²) in [6, 6.07) is 7.80. The van der Waals surface area contributed by atoms with Crippen molar-refractivity contribution in [2.24, 2.45) is 0 Å². The summed E-state index contributed by atoms with van der Waals surface area (Å²) in [5, 5.41) is 0.420. The minimum absolute atomic E-state index is 0.0251. The summed E-state index contributed by atoms with van der Waals surface area (Å²) < 4.78 is 14.9. The van der Waals surface area contributed by atoms with Crippen LogP contribution in [0.2, 0.25) is 0 Å². The minimum Gasteiger partial charge on any atom is -0.353 e. The average molecular weight is 429 g/mol. The Kier molecular flexibility index (Phi) is 5.94. The van der Waals surface area contributed by atoms with Crippen molar-refractivity contribution in [1.82, 2.24) is 19.4 Å². The molecule has 1 saturated carbocycles. The third kappa shape index (κ3) is 4.14. The van der Waals surface area contributed by atoms with E-state index in [1.165, 1.54) is 34.9 Å². The Morgan fingerprint density at radius 1 is 1.27 bits per heavy atom. The molecule has 8 heteroatoms. The Labute approximate surface area is 178 Å². The van der Waals surface area contributed by atoms with Gasteiger partial charge >= 0.3 is 0 Å². The molecule has 1 amide bonds. The number of H-pyrrole nitrogens is 1. The number of aryl methyl sites for hydroxylation is 1. The first-order valence-electron chi connectivity index (χ1n) is 10.2. The number of hydrogen-bond acceptors (Lipinski definition) is 4. The van der Waals surface area contributed by atoms with Crippen LogP contribution in [-0.4, -0.2) is 44.2 Å². The lowest BCUT2D eigenvalue weighted by Gasteiger charge is -2.31. The SMILES string of the molecule is Cc1cc2nc(SCC(=O)N(C)C3CCCCC3)n(-c3ccc(F)cc3)c(=O)c2[nH]1. The smallest absolute Gasteiger partial charge is 0.283 e. The Hall–Kier alpha value is -2.61. The van der Waals surface area contributed by atoms with Gasteiger partial charge in [0.25, 0.3) is 5.56 Å². The standard InChI is InChI=1S/C22H25FN4O2S/c1-14-12-18-20(24-14)21(29)27(17-10-8-15(23)9-11-17)22(25-18)30-13-19(28)26(2)16-6-4-3-5-7-16/h8-12,16,24H,3-7,13H2,1-2H3. The van der Waals surface area contributed by atoms with Crippen LogP contribution in [0.25, 0.3) is 16.7 Å². The van der Waals surface area contributed by atoms with Gasteiger partial charge in [-0.2, -0.15) is 0 Å². The lowest BCUT2D eigenvalue weighted by Crippen LogP contribution is -2.39. The molecule has 1 aliphatic rings. The molecule has 2 heterocycles. The molecule has 30 heavy (non-hydrogen) atoms. The van der Waals surface area contributed by atoms with Gasteiger partial charge < -0.3 is 9.88 Å². The first-order chi connectivity index (χ1) is 14.4. The van der Waals surface area contributed by atoms with E-state index in [0.29, 0.717) is 21.9 Å². The van der Waals surface area contributed by atoms with Crippen molar-refractivity contribution in [3.8, 4) is 5.69 Å². The first kappa shape index (κ1) is 20.7. The minimum atomic E-state index is -0.380. The molecule has 0 saturated heterocycles. The highest BCUT2D eigenvalue weighted by Gasteiger charge is 2.23. The molecule has 0 bridgehead atoms. The summed E-state index contributed by atoms with van der Waals surface area (Å²) in [5.74, 6) is -0.164. The number of carbonyl (C=O) groups excluding carboxylic acids is 1. The molecular weight excluding hydrogens is 403 g/mol. The van der Waals surface area contributed by atoms with E-state index in [9.17, 15) is 14.0 Å². The lowest BCUT2D eigenvalue weighted by atomic mass is 9.94. The van der Waals surface area contributed by atoms with Gasteiger partial charge in [-0.3, -0.25) is 14.2 Å². The Morgan fingerprint density at radius 2 is 1.97 bits per heavy atom. The van der Waals surface area contributed by atoms with E-state index >= 15 is 0 Å². The van der Waals surface area contributed by atoms with Gasteiger partial charge in [0.15, 0.2) is 5.16 Å². The predicted octanol–water partition coefficient (Wildman–Crippen LogP) is 4.04. The molecule has 6 nitrogen and oxygen atoms in total. The van der Waals surface area contributed by atoms with Gasteiger partial charge in [0.2, 0.25) is 5.91 Å². The summed E-state index contributed by atoms with van der Waals surface area (Å²) in [5.41, 5.74) is 2.03. The zero-order chi connectivity index (χ0) is 21.3. The second-order valence-corrected chi connectivity index (χ2v) is 8.75. The van der Waals surface area contributed by atoms with E-state index in [2.05, 4.69) is 9.97 Å². The molecule has 3 aromatic rings. The number of aromatic nitrogens is 3. The number of halogens is 1. The number of nitrogens with one attached hydrogen (secondary N) is 1. The van der Waals surface area contributed by atoms with Crippen molar-refractivity contribution in [3.63, 3.8) is 0 Å². The van der Waals surface area contributed by atoms with Crippen molar-refractivity contribution < 1.29 is 9.18 Å². The van der Waals surface area contributed by atoms with Crippen LogP contribution in [0.3, 0.4) is 0 Å². The monoisotopic (exact) mass is 428 g/mol. The highest BCUT2D eigenvalue weighted by molar-refractivity contribution is 7.99. The Bertz CT molecular complexity index is 1120. The van der Waals surface area contributed by atoms with Crippen LogP contribution in [0.4, 0.5) is 4.39 Å². The molecule has 158 valence electrons. The quantitative estimate of drug-likeness (QED) is 0.492. The topological polar surface area (TPSA) is 71.0 Å². The van der Waals surface area contributed by atoms with Crippen molar-refractivity contribution in [3.05, 3.63) is 52.2 Å². The fourth-order valence-electron chi connectivity index (χ4n) is 3.99. The second kappa shape index (κ2) is 8.63. The van der Waals surface area contributed by atoms with Crippen LogP contribution in [0, 0.1) is 12.7 Å². The lowest BCUT2D eigenvalue weighted by molar-refractivity contribution is -0.129. The number of hydrogen-bond donors (Lipinski definition) is 1. The summed E-state index contributed by atoms with van der Waals surface area (Å²) in [4.78, 5) is 35.5. The molecule has 2 aromatic heterocycles. The molecule has 0 aliphatic heterocycles. The maximum Gasteiger partial charge on any atom is 0.283 e. The Balaban J connectivity index is 1.65. The molecule has 0 radical (unpaired) electrons. The average Bonchev–Trinajstić information content (AvgIpc) is 3.13. The van der Waals surface area contributed by atoms with Gasteiger partial charge in [-0.05, 0) is 50.1 Å². The molecule has 1 aromatic carbocycles. The van der Waals surface area contributed by atoms with Gasteiger partial charge in [0.1, 0.15) is 11.3 Å². The molecule has 0 unspecified atom stereocenters. The van der Waals surface area contributed by atoms with Crippen molar-refractivity contribution in [2.75, 3.05) is 12.8 Å². The van der Waals surface area contributed by atoms with E-state index in [4.69, 9.17) is 0 Å². The number of benzene rings is 1. The van der Waals surface area contributed by atoms with Gasteiger partial charge in [-0.15, -0.1) is 0 Å². The van der Waals surface area contributed by atoms with Crippen molar-refractivity contribution >= 4 is 28.7 Å². The summed E-state index contributed by atoms with van der Waals surface area (Å²) in [7, 11) is 1.86. The summed E-state index contributed by atoms with van der Waals surface area (Å²) in [6.45, 7) is 1.86. The van der Waals surface area contributed by atoms with Crippen LogP contribution >= 0.6 is 11.8 Å². The second-order valence-electron chi connectivity index (χ2n) is 7.81. The van der Waals surface area contributed by atoms with Crippen LogP contribution < -0.4 is 5.56 Å². The maximum absolute atomic E-state index is 13.4. The van der Waals surface area contributed by atoms with Gasteiger partial charge in [0, 0.05) is 18.8 Å². The fourth-order valence-corrected chi connectivity index (χ4v) is 4.93. The molecule has 4 rings (SSSR count). The van der Waals surface area contributed by atoms with Gasteiger partial charge in [0.05, 0.1) is 17.0 Å². The van der Waals surface area contributed by atoms with Crippen molar-refractivity contribution in [2.45, 2.75) is 50.2 Å². The van der Waals surface area contributed by atoms with Crippen LogP contribution in [-0.2, 0) is 4.79 Å². The third-order valence-electron chi connectivity index (χ3n) is 5.68. The summed E-state index contributed by atoms with van der Waals surface area (Å²) >= 11 is 1.24. The highest BCUT2D eigenvalue weighted by Crippen LogP contribution is 2.25. The first-order valence-corrected chi connectivity index (χ1v) is 11.2. The zero-order valence-corrected chi connectivity index (χ0v) is 18.0. The number of rotatable bonds is 5. The number of fused-ring (bicyclic) bond motifs is 1. The van der Waals surface area contributed by atoms with Gasteiger partial charge in [-0.1, -0.05) is 31.0 Å². The molecule has 0 spiro atoms. The molecule has 0 atom stereocenters. The van der Waals surface area contributed by atoms with E-state index < -0.39 is 0 Å². The molecular formula is C22H25FN4O2S. The molecule has 1 fully saturated rings. The highest BCUT2D eigenvalue weighted by atomic mass is 32.2.